The van der Waals surface area contributed by atoms with E-state index in [1.807, 2.05) is 36.4 Å². The van der Waals surface area contributed by atoms with E-state index in [-0.39, 0.29) is 0 Å². The number of thiazole rings is 2. The van der Waals surface area contributed by atoms with Crippen molar-refractivity contribution in [2.75, 3.05) is 10.9 Å². The molecule has 0 aliphatic heterocycles. The highest BCUT2D eigenvalue weighted by molar-refractivity contribution is 7.23. The normalized spacial score (nSPS) is 11.0. The number of para-hydroxylation sites is 2. The monoisotopic (exact) mass is 298 g/mol. The molecule has 2 aromatic carbocycles. The van der Waals surface area contributed by atoms with Crippen LogP contribution in [0.4, 0.5) is 10.3 Å². The molecule has 0 spiro atoms. The van der Waals surface area contributed by atoms with Crippen molar-refractivity contribution in [2.45, 2.75) is 0 Å². The fourth-order valence-electron chi connectivity index (χ4n) is 1.96. The molecule has 4 nitrogen and oxygen atoms in total. The highest BCUT2D eigenvalue weighted by atomic mass is 32.1. The lowest BCUT2D eigenvalue weighted by Gasteiger charge is -2.01. The maximum absolute atomic E-state index is 4.50. The van der Waals surface area contributed by atoms with Crippen molar-refractivity contribution in [3.63, 3.8) is 0 Å². The van der Waals surface area contributed by atoms with Crippen molar-refractivity contribution in [1.82, 2.24) is 9.97 Å². The van der Waals surface area contributed by atoms with E-state index < -0.39 is 0 Å². The summed E-state index contributed by atoms with van der Waals surface area (Å²) in [5.74, 6) is 0. The maximum atomic E-state index is 4.50. The summed E-state index contributed by atoms with van der Waals surface area (Å²) in [5, 5.41) is 1.68. The van der Waals surface area contributed by atoms with E-state index in [4.69, 9.17) is 0 Å². The molecule has 2 N–H and O–H groups in total. The first-order valence-corrected chi connectivity index (χ1v) is 7.75. The van der Waals surface area contributed by atoms with Gasteiger partial charge in [-0.3, -0.25) is 10.9 Å². The first-order chi connectivity index (χ1) is 9.88. The predicted octanol–water partition coefficient (Wildman–Crippen LogP) is 4.35. The van der Waals surface area contributed by atoms with Crippen LogP contribution in [-0.4, -0.2) is 9.97 Å². The Morgan fingerprint density at radius 3 is 1.55 bits per heavy atom. The first kappa shape index (κ1) is 11.6. The van der Waals surface area contributed by atoms with Crippen molar-refractivity contribution in [3.05, 3.63) is 48.5 Å². The predicted molar refractivity (Wildman–Crippen MR) is 86.5 cm³/mol. The molecule has 0 bridgehead atoms. The van der Waals surface area contributed by atoms with Gasteiger partial charge in [0, 0.05) is 0 Å². The molecular formula is C14H10N4S2. The topological polar surface area (TPSA) is 49.8 Å². The molecule has 0 saturated carbocycles. The zero-order valence-electron chi connectivity index (χ0n) is 10.3. The number of fused-ring (bicyclic) bond motifs is 2. The standard InChI is InChI=1S/C14H10N4S2/c1-3-7-11-9(5-1)15-13(19-11)17-18-14-16-10-6-2-4-8-12(10)20-14/h1-8H,(H,15,17)(H,16,18). The summed E-state index contributed by atoms with van der Waals surface area (Å²) in [6, 6.07) is 16.2. The molecule has 98 valence electrons. The highest BCUT2D eigenvalue weighted by Crippen LogP contribution is 2.28. The number of hydrogen-bond acceptors (Lipinski definition) is 6. The third-order valence-corrected chi connectivity index (χ3v) is 4.77. The summed E-state index contributed by atoms with van der Waals surface area (Å²) in [6.45, 7) is 0. The molecule has 4 aromatic rings. The number of anilines is 2. The van der Waals surface area contributed by atoms with Gasteiger partial charge in [0.25, 0.3) is 0 Å². The molecule has 0 fully saturated rings. The minimum Gasteiger partial charge on any atom is -0.274 e. The van der Waals surface area contributed by atoms with Gasteiger partial charge in [-0.1, -0.05) is 46.9 Å². The van der Waals surface area contributed by atoms with Crippen LogP contribution in [0.25, 0.3) is 20.4 Å². The smallest absolute Gasteiger partial charge is 0.202 e. The van der Waals surface area contributed by atoms with E-state index in [0.717, 1.165) is 21.3 Å². The van der Waals surface area contributed by atoms with E-state index in [1.165, 1.54) is 9.40 Å². The molecular weight excluding hydrogens is 288 g/mol. The van der Waals surface area contributed by atoms with Crippen molar-refractivity contribution in [3.8, 4) is 0 Å². The summed E-state index contributed by atoms with van der Waals surface area (Å²) < 4.78 is 2.34. The molecule has 0 unspecified atom stereocenters. The summed E-state index contributed by atoms with van der Waals surface area (Å²) in [5.41, 5.74) is 8.24. The fourth-order valence-corrected chi connectivity index (χ4v) is 3.60. The molecule has 0 radical (unpaired) electrons. The number of benzene rings is 2. The second kappa shape index (κ2) is 4.73. The largest absolute Gasteiger partial charge is 0.274 e. The molecule has 0 amide bonds. The second-order valence-corrected chi connectivity index (χ2v) is 6.28. The van der Waals surface area contributed by atoms with Gasteiger partial charge in [0.15, 0.2) is 0 Å². The summed E-state index contributed by atoms with van der Waals surface area (Å²) >= 11 is 3.23. The zero-order valence-corrected chi connectivity index (χ0v) is 12.0. The van der Waals surface area contributed by atoms with E-state index in [2.05, 4.69) is 33.0 Å². The third kappa shape index (κ3) is 2.09. The molecule has 0 saturated heterocycles. The van der Waals surface area contributed by atoms with Gasteiger partial charge in [-0.25, -0.2) is 9.97 Å². The van der Waals surface area contributed by atoms with Gasteiger partial charge in [-0.15, -0.1) is 0 Å². The number of nitrogens with zero attached hydrogens (tertiary/aromatic N) is 2. The Balaban J connectivity index is 1.57. The van der Waals surface area contributed by atoms with Gasteiger partial charge >= 0.3 is 0 Å². The first-order valence-electron chi connectivity index (χ1n) is 6.12. The molecule has 6 heteroatoms. The second-order valence-electron chi connectivity index (χ2n) is 4.22. The quantitative estimate of drug-likeness (QED) is 0.552. The van der Waals surface area contributed by atoms with Crippen LogP contribution < -0.4 is 10.9 Å². The van der Waals surface area contributed by atoms with Gasteiger partial charge in [-0.2, -0.15) is 0 Å². The summed E-state index contributed by atoms with van der Waals surface area (Å²) in [7, 11) is 0. The lowest BCUT2D eigenvalue weighted by atomic mass is 10.3. The van der Waals surface area contributed by atoms with E-state index in [1.54, 1.807) is 22.7 Å². The molecule has 4 rings (SSSR count). The van der Waals surface area contributed by atoms with Crippen LogP contribution in [0.15, 0.2) is 48.5 Å². The molecule has 2 aromatic heterocycles. The minimum absolute atomic E-state index is 0.838. The van der Waals surface area contributed by atoms with Gasteiger partial charge < -0.3 is 0 Å². The van der Waals surface area contributed by atoms with Gasteiger partial charge in [0.1, 0.15) is 0 Å². The SMILES string of the molecule is c1ccc2sc(NNc3nc4ccccc4s3)nc2c1. The van der Waals surface area contributed by atoms with E-state index in [0.29, 0.717) is 0 Å². The molecule has 2 heterocycles. The lowest BCUT2D eigenvalue weighted by molar-refractivity contribution is 1.33. The summed E-state index contributed by atoms with van der Waals surface area (Å²) in [4.78, 5) is 9.01. The number of nitrogens with one attached hydrogen (secondary N) is 2. The molecule has 0 aliphatic carbocycles. The van der Waals surface area contributed by atoms with Crippen molar-refractivity contribution >= 4 is 53.4 Å². The number of rotatable bonds is 3. The van der Waals surface area contributed by atoms with Crippen LogP contribution in [0.3, 0.4) is 0 Å². The summed E-state index contributed by atoms with van der Waals surface area (Å²) in [6.07, 6.45) is 0. The Bertz CT molecular complexity index is 741. The Labute approximate surface area is 123 Å². The Kier molecular flexibility index (Phi) is 2.75. The fraction of sp³-hybridized carbons (Fsp3) is 0. The van der Waals surface area contributed by atoms with Crippen LogP contribution >= 0.6 is 22.7 Å². The van der Waals surface area contributed by atoms with Gasteiger partial charge in [-0.05, 0) is 24.3 Å². The number of hydrazine groups is 1. The average Bonchev–Trinajstić information content (AvgIpc) is 3.07. The molecule has 0 atom stereocenters. The number of aromatic nitrogens is 2. The van der Waals surface area contributed by atoms with Gasteiger partial charge in [0.2, 0.25) is 10.3 Å². The van der Waals surface area contributed by atoms with Crippen LogP contribution in [0.5, 0.6) is 0 Å². The Hall–Kier alpha value is -2.18. The van der Waals surface area contributed by atoms with Crippen molar-refractivity contribution in [1.29, 1.82) is 0 Å². The van der Waals surface area contributed by atoms with Crippen LogP contribution in [0.1, 0.15) is 0 Å². The zero-order chi connectivity index (χ0) is 13.4. The maximum Gasteiger partial charge on any atom is 0.202 e. The van der Waals surface area contributed by atoms with Gasteiger partial charge in [0.05, 0.1) is 20.4 Å². The highest BCUT2D eigenvalue weighted by Gasteiger charge is 2.05. The van der Waals surface area contributed by atoms with E-state index in [9.17, 15) is 0 Å². The minimum atomic E-state index is 0.838. The van der Waals surface area contributed by atoms with Crippen molar-refractivity contribution in [2.24, 2.45) is 0 Å². The molecule has 0 aliphatic rings. The third-order valence-electron chi connectivity index (χ3n) is 2.86. The van der Waals surface area contributed by atoms with Crippen LogP contribution in [-0.2, 0) is 0 Å². The van der Waals surface area contributed by atoms with E-state index >= 15 is 0 Å². The van der Waals surface area contributed by atoms with Crippen molar-refractivity contribution < 1.29 is 0 Å². The number of hydrogen-bond donors (Lipinski definition) is 2. The Morgan fingerprint density at radius 1 is 0.650 bits per heavy atom. The lowest BCUT2D eigenvalue weighted by Crippen LogP contribution is -2.07. The molecule has 20 heavy (non-hydrogen) atoms. The van der Waals surface area contributed by atoms with Crippen LogP contribution in [0, 0.1) is 0 Å². The average molecular weight is 298 g/mol. The Morgan fingerprint density at radius 2 is 1.10 bits per heavy atom. The van der Waals surface area contributed by atoms with Crippen LogP contribution in [0.2, 0.25) is 0 Å².